The second-order valence-electron chi connectivity index (χ2n) is 6.72. The zero-order valence-corrected chi connectivity index (χ0v) is 16.3. The Labute approximate surface area is 165 Å². The van der Waals surface area contributed by atoms with Crippen LogP contribution in [0.25, 0.3) is 0 Å². The number of amides is 1. The van der Waals surface area contributed by atoms with Gasteiger partial charge in [-0.25, -0.2) is 9.97 Å². The summed E-state index contributed by atoms with van der Waals surface area (Å²) in [6, 6.07) is 15.5. The summed E-state index contributed by atoms with van der Waals surface area (Å²) in [4.78, 5) is 20.7. The first kappa shape index (κ1) is 19.4. The number of rotatable bonds is 7. The van der Waals surface area contributed by atoms with E-state index in [2.05, 4.69) is 20.6 Å². The van der Waals surface area contributed by atoms with E-state index in [4.69, 9.17) is 4.74 Å². The van der Waals surface area contributed by atoms with Gasteiger partial charge in [0.1, 0.15) is 5.75 Å². The average molecular weight is 376 g/mol. The van der Waals surface area contributed by atoms with E-state index >= 15 is 0 Å². The van der Waals surface area contributed by atoms with Gasteiger partial charge in [-0.05, 0) is 56.2 Å². The standard InChI is InChI=1S/C22H24N4O2/c1-15(2)28-20-10-8-19(9-11-20)26-22-24-13-18(14-25-22)21(27)23-12-17-7-5-4-6-16(17)3/h4-11,13-15H,12H2,1-3H3,(H,23,27)(H,24,25,26). The molecule has 3 aromatic rings. The van der Waals surface area contributed by atoms with Crippen molar-refractivity contribution < 1.29 is 9.53 Å². The highest BCUT2D eigenvalue weighted by molar-refractivity contribution is 5.93. The number of ether oxygens (including phenoxy) is 1. The molecule has 1 aromatic heterocycles. The molecular formula is C22H24N4O2. The van der Waals surface area contributed by atoms with E-state index in [1.165, 1.54) is 12.4 Å². The van der Waals surface area contributed by atoms with E-state index in [0.29, 0.717) is 18.1 Å². The molecule has 2 N–H and O–H groups in total. The minimum atomic E-state index is -0.204. The van der Waals surface area contributed by atoms with Crippen LogP contribution in [0.1, 0.15) is 35.3 Å². The average Bonchev–Trinajstić information content (AvgIpc) is 2.69. The molecule has 144 valence electrons. The van der Waals surface area contributed by atoms with Gasteiger partial charge in [0, 0.05) is 24.6 Å². The fourth-order valence-corrected chi connectivity index (χ4v) is 2.61. The smallest absolute Gasteiger partial charge is 0.254 e. The number of nitrogens with zero attached hydrogens (tertiary/aromatic N) is 2. The third-order valence-electron chi connectivity index (χ3n) is 4.10. The first-order valence-electron chi connectivity index (χ1n) is 9.20. The first-order valence-corrected chi connectivity index (χ1v) is 9.20. The van der Waals surface area contributed by atoms with Gasteiger partial charge in [0.05, 0.1) is 11.7 Å². The minimum Gasteiger partial charge on any atom is -0.491 e. The van der Waals surface area contributed by atoms with Gasteiger partial charge in [-0.3, -0.25) is 4.79 Å². The molecule has 1 heterocycles. The predicted octanol–water partition coefficient (Wildman–Crippen LogP) is 4.25. The number of aromatic nitrogens is 2. The monoisotopic (exact) mass is 376 g/mol. The Kier molecular flexibility index (Phi) is 6.22. The van der Waals surface area contributed by atoms with Crippen LogP contribution in [0.4, 0.5) is 11.6 Å². The van der Waals surface area contributed by atoms with Crippen LogP contribution in [0.2, 0.25) is 0 Å². The molecule has 0 unspecified atom stereocenters. The van der Waals surface area contributed by atoms with E-state index in [1.54, 1.807) is 0 Å². The number of benzene rings is 2. The summed E-state index contributed by atoms with van der Waals surface area (Å²) in [5.74, 6) is 1.03. The van der Waals surface area contributed by atoms with Gasteiger partial charge in [-0.2, -0.15) is 0 Å². The van der Waals surface area contributed by atoms with Crippen LogP contribution in [0.5, 0.6) is 5.75 Å². The summed E-state index contributed by atoms with van der Waals surface area (Å²) >= 11 is 0. The number of aryl methyl sites for hydroxylation is 1. The topological polar surface area (TPSA) is 76.1 Å². The summed E-state index contributed by atoms with van der Waals surface area (Å²) in [7, 11) is 0. The third-order valence-corrected chi connectivity index (χ3v) is 4.10. The summed E-state index contributed by atoms with van der Waals surface area (Å²) in [6.45, 7) is 6.46. The van der Waals surface area contributed by atoms with Crippen molar-refractivity contribution in [2.45, 2.75) is 33.4 Å². The Morgan fingerprint density at radius 3 is 2.36 bits per heavy atom. The number of carbonyl (C=O) groups excluding carboxylic acids is 1. The lowest BCUT2D eigenvalue weighted by atomic mass is 10.1. The van der Waals surface area contributed by atoms with Gasteiger partial charge in [0.2, 0.25) is 5.95 Å². The quantitative estimate of drug-likeness (QED) is 0.645. The minimum absolute atomic E-state index is 0.131. The molecule has 0 radical (unpaired) electrons. The molecule has 6 nitrogen and oxygen atoms in total. The Hall–Kier alpha value is -3.41. The van der Waals surface area contributed by atoms with Crippen molar-refractivity contribution in [3.63, 3.8) is 0 Å². The highest BCUT2D eigenvalue weighted by Crippen LogP contribution is 2.19. The van der Waals surface area contributed by atoms with Crippen LogP contribution in [0, 0.1) is 6.92 Å². The van der Waals surface area contributed by atoms with Crippen molar-refractivity contribution in [2.24, 2.45) is 0 Å². The van der Waals surface area contributed by atoms with Crippen LogP contribution >= 0.6 is 0 Å². The highest BCUT2D eigenvalue weighted by Gasteiger charge is 2.08. The summed E-state index contributed by atoms with van der Waals surface area (Å²) < 4.78 is 5.62. The summed E-state index contributed by atoms with van der Waals surface area (Å²) in [6.07, 6.45) is 3.16. The SMILES string of the molecule is Cc1ccccc1CNC(=O)c1cnc(Nc2ccc(OC(C)C)cc2)nc1. The summed E-state index contributed by atoms with van der Waals surface area (Å²) in [5, 5.41) is 6.00. The van der Waals surface area contributed by atoms with Crippen LogP contribution in [-0.4, -0.2) is 22.0 Å². The molecule has 2 aromatic carbocycles. The van der Waals surface area contributed by atoms with Crippen LogP contribution in [0.3, 0.4) is 0 Å². The number of nitrogens with one attached hydrogen (secondary N) is 2. The zero-order valence-electron chi connectivity index (χ0n) is 16.3. The molecule has 0 spiro atoms. The lowest BCUT2D eigenvalue weighted by molar-refractivity contribution is 0.0950. The first-order chi connectivity index (χ1) is 13.5. The molecule has 6 heteroatoms. The lowest BCUT2D eigenvalue weighted by Gasteiger charge is -2.11. The molecule has 0 aliphatic heterocycles. The lowest BCUT2D eigenvalue weighted by Crippen LogP contribution is -2.23. The molecule has 3 rings (SSSR count). The van der Waals surface area contributed by atoms with Crippen molar-refractivity contribution in [2.75, 3.05) is 5.32 Å². The number of carbonyl (C=O) groups is 1. The van der Waals surface area contributed by atoms with E-state index in [0.717, 1.165) is 22.6 Å². The highest BCUT2D eigenvalue weighted by atomic mass is 16.5. The van der Waals surface area contributed by atoms with Crippen molar-refractivity contribution in [3.05, 3.63) is 77.6 Å². The molecule has 0 saturated heterocycles. The predicted molar refractivity (Wildman–Crippen MR) is 110 cm³/mol. The fourth-order valence-electron chi connectivity index (χ4n) is 2.61. The van der Waals surface area contributed by atoms with Gasteiger partial charge in [-0.15, -0.1) is 0 Å². The van der Waals surface area contributed by atoms with Crippen molar-refractivity contribution in [3.8, 4) is 5.75 Å². The normalized spacial score (nSPS) is 10.6. The second kappa shape index (κ2) is 8.99. The van der Waals surface area contributed by atoms with Crippen molar-refractivity contribution in [1.29, 1.82) is 0 Å². The molecule has 28 heavy (non-hydrogen) atoms. The van der Waals surface area contributed by atoms with E-state index in [-0.39, 0.29) is 12.0 Å². The van der Waals surface area contributed by atoms with E-state index in [1.807, 2.05) is 69.3 Å². The van der Waals surface area contributed by atoms with Crippen LogP contribution in [-0.2, 0) is 6.54 Å². The Balaban J connectivity index is 1.57. The molecule has 0 bridgehead atoms. The maximum atomic E-state index is 12.3. The van der Waals surface area contributed by atoms with Crippen LogP contribution in [0.15, 0.2) is 60.9 Å². The van der Waals surface area contributed by atoms with Gasteiger partial charge >= 0.3 is 0 Å². The Morgan fingerprint density at radius 1 is 1.04 bits per heavy atom. The van der Waals surface area contributed by atoms with Gasteiger partial charge < -0.3 is 15.4 Å². The molecule has 0 aliphatic carbocycles. The van der Waals surface area contributed by atoms with Crippen LogP contribution < -0.4 is 15.4 Å². The second-order valence-corrected chi connectivity index (χ2v) is 6.72. The number of hydrogen-bond acceptors (Lipinski definition) is 5. The maximum absolute atomic E-state index is 12.3. The van der Waals surface area contributed by atoms with Gasteiger partial charge in [0.25, 0.3) is 5.91 Å². The van der Waals surface area contributed by atoms with E-state index < -0.39 is 0 Å². The largest absolute Gasteiger partial charge is 0.491 e. The Bertz CT molecular complexity index is 922. The number of hydrogen-bond donors (Lipinski definition) is 2. The molecule has 1 amide bonds. The fraction of sp³-hybridized carbons (Fsp3) is 0.227. The van der Waals surface area contributed by atoms with Gasteiger partial charge in [-0.1, -0.05) is 24.3 Å². The zero-order chi connectivity index (χ0) is 19.9. The van der Waals surface area contributed by atoms with Gasteiger partial charge in [0.15, 0.2) is 0 Å². The number of anilines is 2. The van der Waals surface area contributed by atoms with E-state index in [9.17, 15) is 4.79 Å². The summed E-state index contributed by atoms with van der Waals surface area (Å²) in [5.41, 5.74) is 3.48. The maximum Gasteiger partial charge on any atom is 0.254 e. The third kappa shape index (κ3) is 5.30. The van der Waals surface area contributed by atoms with Crippen molar-refractivity contribution >= 4 is 17.5 Å². The molecule has 0 saturated carbocycles. The van der Waals surface area contributed by atoms with Crippen molar-refractivity contribution in [1.82, 2.24) is 15.3 Å². The molecule has 0 atom stereocenters. The molecule has 0 aliphatic rings. The molecular weight excluding hydrogens is 352 g/mol. The molecule has 0 fully saturated rings. The Morgan fingerprint density at radius 2 is 1.71 bits per heavy atom.